The Bertz CT molecular complexity index is 476. The van der Waals surface area contributed by atoms with Gasteiger partial charge in [0.25, 0.3) is 5.91 Å². The number of hydrogen-bond donors (Lipinski definition) is 3. The Morgan fingerprint density at radius 2 is 2.06 bits per heavy atom. The molecular formula is C10H15N5O3. The van der Waals surface area contributed by atoms with Crippen LogP contribution in [0.15, 0.2) is 0 Å². The van der Waals surface area contributed by atoms with E-state index in [1.54, 1.807) is 11.8 Å². The third-order valence-electron chi connectivity index (χ3n) is 3.38. The fraction of sp³-hybridized carbons (Fsp3) is 0.600. The molecule has 18 heavy (non-hydrogen) atoms. The second kappa shape index (κ2) is 4.28. The van der Waals surface area contributed by atoms with Crippen LogP contribution in [-0.2, 0) is 4.79 Å². The van der Waals surface area contributed by atoms with E-state index in [0.717, 1.165) is 0 Å². The van der Waals surface area contributed by atoms with Gasteiger partial charge in [0.15, 0.2) is 0 Å². The molecule has 0 bridgehead atoms. The van der Waals surface area contributed by atoms with E-state index in [4.69, 9.17) is 10.8 Å². The Labute approximate surface area is 103 Å². The van der Waals surface area contributed by atoms with Crippen molar-refractivity contribution in [3.8, 4) is 0 Å². The average Bonchev–Trinajstić information content (AvgIpc) is 2.76. The zero-order valence-corrected chi connectivity index (χ0v) is 10.0. The highest BCUT2D eigenvalue weighted by molar-refractivity contribution is 5.91. The van der Waals surface area contributed by atoms with Crippen LogP contribution in [0, 0.1) is 5.41 Å². The predicted octanol–water partition coefficient (Wildman–Crippen LogP) is -0.286. The van der Waals surface area contributed by atoms with E-state index in [9.17, 15) is 9.59 Å². The number of carboxylic acids is 1. The Balaban J connectivity index is 2.02. The molecule has 0 saturated carbocycles. The van der Waals surface area contributed by atoms with Crippen molar-refractivity contribution in [1.82, 2.24) is 20.1 Å². The molecule has 4 N–H and O–H groups in total. The van der Waals surface area contributed by atoms with E-state index >= 15 is 0 Å². The number of H-pyrrole nitrogens is 1. The lowest BCUT2D eigenvalue weighted by atomic mass is 9.80. The van der Waals surface area contributed by atoms with Crippen molar-refractivity contribution >= 4 is 17.8 Å². The van der Waals surface area contributed by atoms with Gasteiger partial charge in [-0.3, -0.25) is 14.7 Å². The number of nitrogen functional groups attached to an aromatic ring is 1. The third kappa shape index (κ3) is 2.13. The summed E-state index contributed by atoms with van der Waals surface area (Å²) in [7, 11) is 0. The van der Waals surface area contributed by atoms with E-state index in [1.807, 2.05) is 0 Å². The number of carboxylic acid groups (broad SMARTS) is 1. The lowest BCUT2D eigenvalue weighted by Gasteiger charge is -2.35. The Hall–Kier alpha value is -2.12. The van der Waals surface area contributed by atoms with Crippen molar-refractivity contribution in [2.45, 2.75) is 19.8 Å². The zero-order valence-electron chi connectivity index (χ0n) is 10.0. The summed E-state index contributed by atoms with van der Waals surface area (Å²) in [6, 6.07) is 0. The first-order chi connectivity index (χ1) is 8.42. The molecule has 1 amide bonds. The van der Waals surface area contributed by atoms with Crippen LogP contribution in [0.3, 0.4) is 0 Å². The maximum Gasteiger partial charge on any atom is 0.309 e. The first-order valence-electron chi connectivity index (χ1n) is 5.63. The molecule has 0 unspecified atom stereocenters. The Morgan fingerprint density at radius 3 is 2.50 bits per heavy atom. The summed E-state index contributed by atoms with van der Waals surface area (Å²) in [6.45, 7) is 2.48. The number of piperidine rings is 1. The number of aromatic amines is 1. The predicted molar refractivity (Wildman–Crippen MR) is 61.7 cm³/mol. The molecule has 1 saturated heterocycles. The van der Waals surface area contributed by atoms with Crippen molar-refractivity contribution in [3.05, 3.63) is 5.82 Å². The van der Waals surface area contributed by atoms with E-state index in [0.29, 0.717) is 25.9 Å². The molecule has 1 aliphatic rings. The van der Waals surface area contributed by atoms with Crippen molar-refractivity contribution in [2.75, 3.05) is 18.8 Å². The Morgan fingerprint density at radius 1 is 1.44 bits per heavy atom. The van der Waals surface area contributed by atoms with Gasteiger partial charge in [0, 0.05) is 13.1 Å². The minimum atomic E-state index is -0.821. The van der Waals surface area contributed by atoms with E-state index in [1.165, 1.54) is 0 Å². The van der Waals surface area contributed by atoms with Gasteiger partial charge in [-0.15, -0.1) is 5.10 Å². The standard InChI is InChI=1S/C10H15N5O3/c1-10(8(17)18)2-4-15(5-3-10)7(16)6-12-9(11)14-13-6/h2-5H2,1H3,(H,17,18)(H3,11,12,13,14). The van der Waals surface area contributed by atoms with E-state index < -0.39 is 11.4 Å². The minimum absolute atomic E-state index is 0.0192. The number of nitrogens with two attached hydrogens (primary N) is 1. The largest absolute Gasteiger partial charge is 0.481 e. The molecule has 8 nitrogen and oxygen atoms in total. The number of hydrogen-bond acceptors (Lipinski definition) is 5. The summed E-state index contributed by atoms with van der Waals surface area (Å²) in [6.07, 6.45) is 0.857. The van der Waals surface area contributed by atoms with Gasteiger partial charge in [0.2, 0.25) is 11.8 Å². The number of rotatable bonds is 2. The number of aliphatic carboxylic acids is 1. The highest BCUT2D eigenvalue weighted by Gasteiger charge is 2.38. The molecule has 98 valence electrons. The maximum absolute atomic E-state index is 12.0. The van der Waals surface area contributed by atoms with Gasteiger partial charge in [0.1, 0.15) is 0 Å². The molecule has 2 heterocycles. The summed E-state index contributed by atoms with van der Waals surface area (Å²) >= 11 is 0. The van der Waals surface area contributed by atoms with E-state index in [2.05, 4.69) is 15.2 Å². The number of aromatic nitrogens is 3. The highest BCUT2D eigenvalue weighted by Crippen LogP contribution is 2.31. The SMILES string of the molecule is CC1(C(=O)O)CCN(C(=O)c2nc(N)n[nH]2)CC1. The second-order valence-electron chi connectivity index (χ2n) is 4.70. The van der Waals surface area contributed by atoms with Gasteiger partial charge in [-0.25, -0.2) is 0 Å². The molecule has 0 spiro atoms. The molecular weight excluding hydrogens is 238 g/mol. The number of carbonyl (C=O) groups excluding carboxylic acids is 1. The molecule has 2 rings (SSSR count). The molecule has 1 aromatic rings. The van der Waals surface area contributed by atoms with Gasteiger partial charge < -0.3 is 15.7 Å². The fourth-order valence-electron chi connectivity index (χ4n) is 1.94. The topological polar surface area (TPSA) is 125 Å². The Kier molecular flexibility index (Phi) is 2.93. The summed E-state index contributed by atoms with van der Waals surface area (Å²) in [4.78, 5) is 28.4. The monoisotopic (exact) mass is 253 g/mol. The van der Waals surface area contributed by atoms with Crippen LogP contribution in [0.4, 0.5) is 5.95 Å². The molecule has 1 aliphatic heterocycles. The van der Waals surface area contributed by atoms with Crippen LogP contribution in [0.1, 0.15) is 30.4 Å². The van der Waals surface area contributed by atoms with Gasteiger partial charge in [-0.2, -0.15) is 4.98 Å². The average molecular weight is 253 g/mol. The van der Waals surface area contributed by atoms with Gasteiger partial charge in [0.05, 0.1) is 5.41 Å². The fourth-order valence-corrected chi connectivity index (χ4v) is 1.94. The number of nitrogens with one attached hydrogen (secondary N) is 1. The van der Waals surface area contributed by atoms with Crippen molar-refractivity contribution < 1.29 is 14.7 Å². The van der Waals surface area contributed by atoms with Gasteiger partial charge in [-0.05, 0) is 19.8 Å². The normalized spacial score (nSPS) is 18.6. The van der Waals surface area contributed by atoms with Gasteiger partial charge in [-0.1, -0.05) is 0 Å². The van der Waals surface area contributed by atoms with E-state index in [-0.39, 0.29) is 17.7 Å². The summed E-state index contributed by atoms with van der Waals surface area (Å²) in [5.74, 6) is -1.01. The highest BCUT2D eigenvalue weighted by atomic mass is 16.4. The van der Waals surface area contributed by atoms with Crippen LogP contribution in [0.2, 0.25) is 0 Å². The number of amides is 1. The number of likely N-dealkylation sites (tertiary alicyclic amines) is 1. The molecule has 1 fully saturated rings. The molecule has 0 radical (unpaired) electrons. The van der Waals surface area contributed by atoms with Crippen LogP contribution in [0.25, 0.3) is 0 Å². The molecule has 0 atom stereocenters. The first-order valence-corrected chi connectivity index (χ1v) is 5.63. The number of nitrogens with zero attached hydrogens (tertiary/aromatic N) is 3. The summed E-state index contributed by atoms with van der Waals surface area (Å²) in [5, 5.41) is 15.1. The minimum Gasteiger partial charge on any atom is -0.481 e. The van der Waals surface area contributed by atoms with Crippen LogP contribution < -0.4 is 5.73 Å². The van der Waals surface area contributed by atoms with Crippen LogP contribution in [0.5, 0.6) is 0 Å². The smallest absolute Gasteiger partial charge is 0.309 e. The number of anilines is 1. The quantitative estimate of drug-likeness (QED) is 0.665. The molecule has 0 aliphatic carbocycles. The first kappa shape index (κ1) is 12.3. The van der Waals surface area contributed by atoms with Crippen LogP contribution in [-0.4, -0.2) is 50.2 Å². The summed E-state index contributed by atoms with van der Waals surface area (Å²) in [5.41, 5.74) is 4.57. The second-order valence-corrected chi connectivity index (χ2v) is 4.70. The zero-order chi connectivity index (χ0) is 13.3. The number of carbonyl (C=O) groups is 2. The molecule has 8 heteroatoms. The van der Waals surface area contributed by atoms with Crippen LogP contribution >= 0.6 is 0 Å². The molecule has 1 aromatic heterocycles. The lowest BCUT2D eigenvalue weighted by molar-refractivity contribution is -0.150. The van der Waals surface area contributed by atoms with Crippen molar-refractivity contribution in [1.29, 1.82) is 0 Å². The van der Waals surface area contributed by atoms with Gasteiger partial charge >= 0.3 is 5.97 Å². The third-order valence-corrected chi connectivity index (χ3v) is 3.38. The lowest BCUT2D eigenvalue weighted by Crippen LogP contribution is -2.45. The molecule has 0 aromatic carbocycles. The maximum atomic E-state index is 12.0. The van der Waals surface area contributed by atoms with Crippen molar-refractivity contribution in [3.63, 3.8) is 0 Å². The summed E-state index contributed by atoms with van der Waals surface area (Å²) < 4.78 is 0. The van der Waals surface area contributed by atoms with Crippen molar-refractivity contribution in [2.24, 2.45) is 5.41 Å².